The molecule has 0 nitrogen and oxygen atoms in total. The molecule has 168 valence electrons. The average molecular weight is 429 g/mol. The molecule has 3 heteroatoms. The summed E-state index contributed by atoms with van der Waals surface area (Å²) in [5.41, 5.74) is 0.869. The van der Waals surface area contributed by atoms with Gasteiger partial charge in [0.15, 0.2) is 11.6 Å². The Balaban J connectivity index is 1.55. The Hall–Kier alpha value is -1.77. The summed E-state index contributed by atoms with van der Waals surface area (Å²) in [6.07, 6.45) is 13.4. The number of hydrogen-bond acceptors (Lipinski definition) is 0. The van der Waals surface area contributed by atoms with Gasteiger partial charge in [-0.25, -0.2) is 13.2 Å². The van der Waals surface area contributed by atoms with Crippen LogP contribution in [0.1, 0.15) is 88.2 Å². The highest BCUT2D eigenvalue weighted by Gasteiger charge is 2.37. The molecule has 2 aliphatic carbocycles. The van der Waals surface area contributed by atoms with E-state index >= 15 is 8.78 Å². The monoisotopic (exact) mass is 428 g/mol. The number of unbranched alkanes of at least 4 members (excludes halogenated alkanes) is 1. The fourth-order valence-electron chi connectivity index (χ4n) is 6.22. The number of aryl methyl sites for hydroxylation is 1. The minimum absolute atomic E-state index is 0.0378. The molecule has 2 fully saturated rings. The first-order chi connectivity index (χ1) is 15.0. The quantitative estimate of drug-likeness (QED) is 0.386. The van der Waals surface area contributed by atoms with Gasteiger partial charge in [0.2, 0.25) is 0 Å². The molecule has 31 heavy (non-hydrogen) atoms. The topological polar surface area (TPSA) is 0 Å². The normalized spacial score (nSPS) is 26.1. The van der Waals surface area contributed by atoms with Crippen molar-refractivity contribution in [2.45, 2.75) is 83.5 Å². The molecule has 4 rings (SSSR count). The van der Waals surface area contributed by atoms with Crippen LogP contribution < -0.4 is 0 Å². The first-order valence-corrected chi connectivity index (χ1v) is 12.2. The summed E-state index contributed by atoms with van der Waals surface area (Å²) in [6.45, 7) is 5.90. The lowest BCUT2D eigenvalue weighted by atomic mass is 9.63. The SMILES string of the molecule is C=CCCc1ccc2cc(C3CCC4CC(CCCC)CCC4C3)c(F)c(F)c2c1F. The zero-order valence-electron chi connectivity index (χ0n) is 18.7. The Morgan fingerprint density at radius 1 is 0.968 bits per heavy atom. The number of hydrogen-bond donors (Lipinski definition) is 0. The van der Waals surface area contributed by atoms with Gasteiger partial charge in [0.1, 0.15) is 5.82 Å². The zero-order valence-corrected chi connectivity index (χ0v) is 18.7. The van der Waals surface area contributed by atoms with Gasteiger partial charge in [-0.05, 0) is 91.2 Å². The maximum atomic E-state index is 15.1. The Kier molecular flexibility index (Phi) is 7.08. The molecule has 2 aromatic carbocycles. The molecule has 4 unspecified atom stereocenters. The second-order valence-electron chi connectivity index (χ2n) is 9.91. The first-order valence-electron chi connectivity index (χ1n) is 12.2. The smallest absolute Gasteiger partial charge is 0.169 e. The number of halogens is 3. The van der Waals surface area contributed by atoms with Gasteiger partial charge in [-0.1, -0.05) is 50.8 Å². The maximum Gasteiger partial charge on any atom is 0.169 e. The predicted molar refractivity (Wildman–Crippen MR) is 123 cm³/mol. The largest absolute Gasteiger partial charge is 0.206 e. The molecule has 0 N–H and O–H groups in total. The summed E-state index contributed by atoms with van der Waals surface area (Å²) in [5.74, 6) is -0.237. The Labute approximate surface area is 184 Å². The summed E-state index contributed by atoms with van der Waals surface area (Å²) in [7, 11) is 0. The lowest BCUT2D eigenvalue weighted by molar-refractivity contribution is 0.112. The third-order valence-electron chi connectivity index (χ3n) is 7.98. The molecule has 0 saturated heterocycles. The van der Waals surface area contributed by atoms with Crippen molar-refractivity contribution in [3.8, 4) is 0 Å². The molecule has 0 amide bonds. The van der Waals surface area contributed by atoms with E-state index in [-0.39, 0.29) is 11.3 Å². The van der Waals surface area contributed by atoms with Gasteiger partial charge >= 0.3 is 0 Å². The Bertz CT molecular complexity index is 932. The standard InChI is InChI=1S/C28H35F3/c1-3-5-7-18-9-10-21-16-22(13-12-20(21)15-18)24-17-23-14-11-19(8-6-4-2)26(29)25(23)28(31)27(24)30/h4,11,14,17-18,20-22H,2-3,5-10,12-13,15-16H2,1H3. The number of allylic oxidation sites excluding steroid dienone is 1. The van der Waals surface area contributed by atoms with E-state index in [0.717, 1.165) is 31.1 Å². The van der Waals surface area contributed by atoms with E-state index in [0.29, 0.717) is 35.3 Å². The third-order valence-corrected chi connectivity index (χ3v) is 7.98. The Morgan fingerprint density at radius 3 is 2.52 bits per heavy atom. The van der Waals surface area contributed by atoms with Crippen LogP contribution in [0.2, 0.25) is 0 Å². The van der Waals surface area contributed by atoms with Crippen LogP contribution >= 0.6 is 0 Å². The van der Waals surface area contributed by atoms with Crippen molar-refractivity contribution in [1.82, 2.24) is 0 Å². The molecular formula is C28H35F3. The molecule has 0 aromatic heterocycles. The van der Waals surface area contributed by atoms with E-state index in [1.165, 1.54) is 38.5 Å². The summed E-state index contributed by atoms with van der Waals surface area (Å²) in [4.78, 5) is 0. The van der Waals surface area contributed by atoms with Crippen molar-refractivity contribution in [2.75, 3.05) is 0 Å². The number of fused-ring (bicyclic) bond motifs is 2. The lowest BCUT2D eigenvalue weighted by Gasteiger charge is -2.42. The third kappa shape index (κ3) is 4.56. The number of rotatable bonds is 7. The molecule has 0 spiro atoms. The van der Waals surface area contributed by atoms with E-state index in [1.54, 1.807) is 24.3 Å². The van der Waals surface area contributed by atoms with Crippen molar-refractivity contribution in [1.29, 1.82) is 0 Å². The van der Waals surface area contributed by atoms with Crippen LogP contribution in [0.25, 0.3) is 10.8 Å². The van der Waals surface area contributed by atoms with Gasteiger partial charge in [-0.15, -0.1) is 6.58 Å². The van der Waals surface area contributed by atoms with Crippen LogP contribution in [0.5, 0.6) is 0 Å². The van der Waals surface area contributed by atoms with Crippen LogP contribution in [0.4, 0.5) is 13.2 Å². The van der Waals surface area contributed by atoms with E-state index in [2.05, 4.69) is 13.5 Å². The summed E-state index contributed by atoms with van der Waals surface area (Å²) in [6, 6.07) is 5.16. The van der Waals surface area contributed by atoms with Crippen LogP contribution in [-0.2, 0) is 6.42 Å². The summed E-state index contributed by atoms with van der Waals surface area (Å²) in [5, 5.41) is 0.270. The minimum atomic E-state index is -1.02. The highest BCUT2D eigenvalue weighted by Crippen LogP contribution is 2.49. The second kappa shape index (κ2) is 9.79. The maximum absolute atomic E-state index is 15.1. The molecule has 4 atom stereocenters. The van der Waals surface area contributed by atoms with Crippen molar-refractivity contribution in [3.05, 3.63) is 59.4 Å². The van der Waals surface area contributed by atoms with Gasteiger partial charge in [0, 0.05) is 0 Å². The van der Waals surface area contributed by atoms with Gasteiger partial charge in [0.05, 0.1) is 5.39 Å². The highest BCUT2D eigenvalue weighted by molar-refractivity contribution is 5.85. The molecule has 2 aliphatic rings. The molecular weight excluding hydrogens is 393 g/mol. The fourth-order valence-corrected chi connectivity index (χ4v) is 6.22. The van der Waals surface area contributed by atoms with Crippen LogP contribution in [0.3, 0.4) is 0 Å². The van der Waals surface area contributed by atoms with Gasteiger partial charge in [0.25, 0.3) is 0 Å². The molecule has 0 aliphatic heterocycles. The molecule has 0 heterocycles. The zero-order chi connectivity index (χ0) is 22.0. The lowest BCUT2D eigenvalue weighted by Crippen LogP contribution is -2.30. The van der Waals surface area contributed by atoms with Crippen molar-refractivity contribution in [3.63, 3.8) is 0 Å². The summed E-state index contributed by atoms with van der Waals surface area (Å²) >= 11 is 0. The number of benzene rings is 2. The van der Waals surface area contributed by atoms with Gasteiger partial charge in [-0.2, -0.15) is 0 Å². The predicted octanol–water partition coefficient (Wildman–Crippen LogP) is 8.87. The van der Waals surface area contributed by atoms with E-state index < -0.39 is 17.5 Å². The van der Waals surface area contributed by atoms with Crippen LogP contribution in [0, 0.1) is 35.2 Å². The molecule has 2 saturated carbocycles. The van der Waals surface area contributed by atoms with Crippen molar-refractivity contribution >= 4 is 10.8 Å². The second-order valence-corrected chi connectivity index (χ2v) is 9.91. The van der Waals surface area contributed by atoms with E-state index in [9.17, 15) is 4.39 Å². The van der Waals surface area contributed by atoms with Crippen LogP contribution in [-0.4, -0.2) is 0 Å². The van der Waals surface area contributed by atoms with E-state index in [1.807, 2.05) is 0 Å². The first kappa shape index (κ1) is 22.4. The molecule has 2 aromatic rings. The van der Waals surface area contributed by atoms with Crippen molar-refractivity contribution < 1.29 is 13.2 Å². The minimum Gasteiger partial charge on any atom is -0.206 e. The summed E-state index contributed by atoms with van der Waals surface area (Å²) < 4.78 is 45.1. The van der Waals surface area contributed by atoms with Gasteiger partial charge in [-0.3, -0.25) is 0 Å². The van der Waals surface area contributed by atoms with Crippen LogP contribution in [0.15, 0.2) is 30.9 Å². The highest BCUT2D eigenvalue weighted by atomic mass is 19.2. The fraction of sp³-hybridized carbons (Fsp3) is 0.571. The van der Waals surface area contributed by atoms with Gasteiger partial charge < -0.3 is 0 Å². The van der Waals surface area contributed by atoms with E-state index in [4.69, 9.17) is 0 Å². The Morgan fingerprint density at radius 2 is 1.74 bits per heavy atom. The van der Waals surface area contributed by atoms with Crippen molar-refractivity contribution in [2.24, 2.45) is 17.8 Å². The molecule has 0 radical (unpaired) electrons. The molecule has 0 bridgehead atoms. The average Bonchev–Trinajstić information content (AvgIpc) is 2.79.